The molecule has 0 spiro atoms. The molecule has 0 saturated carbocycles. The van der Waals surface area contributed by atoms with Crippen LogP contribution in [-0.2, 0) is 48.0 Å². The lowest BCUT2D eigenvalue weighted by atomic mass is 9.77. The van der Waals surface area contributed by atoms with E-state index in [0.29, 0.717) is 44.7 Å². The van der Waals surface area contributed by atoms with Crippen molar-refractivity contribution in [1.29, 1.82) is 0 Å². The van der Waals surface area contributed by atoms with E-state index < -0.39 is 130 Å². The van der Waals surface area contributed by atoms with Gasteiger partial charge in [-0.25, -0.2) is 17.5 Å². The number of carbonyl (C=O) groups is 2. The van der Waals surface area contributed by atoms with Crippen molar-refractivity contribution >= 4 is 27.8 Å². The van der Waals surface area contributed by atoms with Gasteiger partial charge in [-0.2, -0.15) is 5.11 Å². The smallest absolute Gasteiger partial charge is 0.414 e. The Balaban J connectivity index is 1.18. The molecule has 20 atom stereocenters. The predicted molar refractivity (Wildman–Crippen MR) is 283 cm³/mol. The molecular formula is C53H91N7O16S. The minimum Gasteiger partial charge on any atom is -0.459 e. The number of amides is 1. The van der Waals surface area contributed by atoms with Crippen LogP contribution in [0.3, 0.4) is 0 Å². The van der Waals surface area contributed by atoms with E-state index >= 15 is 0 Å². The van der Waals surface area contributed by atoms with Crippen molar-refractivity contribution in [2.75, 3.05) is 72.9 Å². The van der Waals surface area contributed by atoms with Crippen molar-refractivity contribution in [2.24, 2.45) is 28.1 Å². The highest BCUT2D eigenvalue weighted by molar-refractivity contribution is 7.89. The van der Waals surface area contributed by atoms with E-state index in [9.17, 15) is 43.5 Å². The first kappa shape index (κ1) is 63.0. The van der Waals surface area contributed by atoms with Gasteiger partial charge in [0.05, 0.1) is 72.1 Å². The first-order valence-corrected chi connectivity index (χ1v) is 28.7. The lowest BCUT2D eigenvalue weighted by Crippen LogP contribution is -2.61. The van der Waals surface area contributed by atoms with Crippen molar-refractivity contribution in [3.8, 4) is 0 Å². The first-order chi connectivity index (χ1) is 35.8. The molecule has 440 valence electrons. The summed E-state index contributed by atoms with van der Waals surface area (Å²) in [6, 6.07) is 4.83. The molecule has 5 N–H and O–H groups in total. The van der Waals surface area contributed by atoms with Crippen LogP contribution in [0.25, 0.3) is 0 Å². The minimum absolute atomic E-state index is 0.0817. The molecule has 6 rings (SSSR count). The number of cyclic esters (lactones) is 2. The van der Waals surface area contributed by atoms with Crippen LogP contribution in [0.2, 0.25) is 0 Å². The Hall–Kier alpha value is -3.21. The molecule has 0 bridgehead atoms. The van der Waals surface area contributed by atoms with Crippen molar-refractivity contribution < 1.29 is 76.7 Å². The summed E-state index contributed by atoms with van der Waals surface area (Å²) >= 11 is 0. The van der Waals surface area contributed by atoms with E-state index in [1.807, 2.05) is 37.7 Å². The van der Waals surface area contributed by atoms with Crippen molar-refractivity contribution in [2.45, 2.75) is 209 Å². The number of anilines is 1. The third-order valence-corrected chi connectivity index (χ3v) is 18.7. The number of benzene rings is 1. The fourth-order valence-electron chi connectivity index (χ4n) is 12.0. The van der Waals surface area contributed by atoms with Gasteiger partial charge in [-0.3, -0.25) is 14.7 Å². The van der Waals surface area contributed by atoms with Crippen LogP contribution in [0.5, 0.6) is 0 Å². The Morgan fingerprint density at radius 3 is 2.17 bits per heavy atom. The van der Waals surface area contributed by atoms with Crippen LogP contribution in [-0.4, -0.2) is 236 Å². The molecule has 4 fully saturated rings. The second-order valence-corrected chi connectivity index (χ2v) is 25.8. The number of ether oxygens (including phenoxy) is 7. The summed E-state index contributed by atoms with van der Waals surface area (Å²) in [6.45, 7) is 19.3. The Bertz CT molecular complexity index is 2270. The number of hydrogen-bond acceptors (Lipinski definition) is 21. The lowest BCUT2D eigenvalue weighted by molar-refractivity contribution is -0.318. The normalized spacial score (nSPS) is 41.4. The summed E-state index contributed by atoms with van der Waals surface area (Å²) in [5, 5.41) is 70.5. The quantitative estimate of drug-likeness (QED) is 0.158. The summed E-state index contributed by atoms with van der Waals surface area (Å²) in [5.41, 5.74) is -4.09. The molecule has 1 aromatic rings. The number of likely N-dealkylation sites (N-methyl/N-ethyl adjacent to an activating group) is 2. The van der Waals surface area contributed by atoms with E-state index in [-0.39, 0.29) is 42.7 Å². The second kappa shape index (κ2) is 25.3. The third kappa shape index (κ3) is 14.3. The molecule has 0 aliphatic carbocycles. The van der Waals surface area contributed by atoms with Gasteiger partial charge in [-0.05, 0) is 118 Å². The molecule has 5 aliphatic heterocycles. The van der Waals surface area contributed by atoms with Gasteiger partial charge in [0.15, 0.2) is 12.6 Å². The zero-order valence-corrected chi connectivity index (χ0v) is 48.8. The number of methoxy groups -OCH3 is 1. The van der Waals surface area contributed by atoms with E-state index in [2.05, 4.69) is 10.3 Å². The summed E-state index contributed by atoms with van der Waals surface area (Å²) in [4.78, 5) is 33.0. The molecule has 4 saturated heterocycles. The molecule has 77 heavy (non-hydrogen) atoms. The summed E-state index contributed by atoms with van der Waals surface area (Å²) in [5.74, 6) is -2.88. The van der Waals surface area contributed by atoms with Gasteiger partial charge < -0.3 is 68.5 Å². The van der Waals surface area contributed by atoms with Crippen LogP contribution in [0.4, 0.5) is 10.5 Å². The zero-order valence-electron chi connectivity index (χ0n) is 48.0. The number of sulfonamides is 1. The molecule has 24 heteroatoms. The molecule has 23 nitrogen and oxygen atoms in total. The number of aliphatic hydroxyl groups is 5. The fourth-order valence-corrected chi connectivity index (χ4v) is 12.9. The van der Waals surface area contributed by atoms with E-state index in [0.717, 1.165) is 4.31 Å². The first-order valence-electron chi connectivity index (χ1n) is 27.3. The standard InChI is InChI=1S/C53H91N7O16S/c1-16-41-53(10,67)45(62)34(6)58(14)26-30(2)24-51(8,66)47(32(4)44(33(5)48(64)74-41)75-42-25-52(9,70-15)46(63)35(7)72-42)76-49-43(61)40(23-31(3)71-49)57(13)22-21-36-27-59(55-54-36)28-38-29-60(50(65)73-38)37-17-19-39(20-18-37)77(68,69)56(11)12/h17-20,30-36,38,40-47,49,61-63,66-67H,16,21-29H2,1-15H3/t30-,31-,32+,33-,34-,35+,36?,38+,40+,41-,42+,43-,44+,45-,46+,47-,49+,51-,52-,53-/m1/s1. The van der Waals surface area contributed by atoms with Crippen molar-refractivity contribution in [3.63, 3.8) is 0 Å². The molecule has 0 radical (unpaired) electrons. The van der Waals surface area contributed by atoms with E-state index in [1.54, 1.807) is 65.6 Å². The summed E-state index contributed by atoms with van der Waals surface area (Å²) < 4.78 is 70.2. The molecule has 5 heterocycles. The molecule has 0 aromatic heterocycles. The number of hydrogen-bond donors (Lipinski definition) is 5. The van der Waals surface area contributed by atoms with Crippen molar-refractivity contribution in [1.82, 2.24) is 19.1 Å². The molecule has 1 aromatic carbocycles. The maximum atomic E-state index is 14.5. The van der Waals surface area contributed by atoms with Gasteiger partial charge in [0.2, 0.25) is 10.0 Å². The van der Waals surface area contributed by atoms with Gasteiger partial charge in [-0.1, -0.05) is 26.0 Å². The number of rotatable bonds is 15. The average Bonchev–Trinajstić information content (AvgIpc) is 3.98. The van der Waals surface area contributed by atoms with Gasteiger partial charge in [-0.15, -0.1) is 0 Å². The van der Waals surface area contributed by atoms with Crippen LogP contribution in [0.1, 0.15) is 101 Å². The minimum atomic E-state index is -3.63. The van der Waals surface area contributed by atoms with Gasteiger partial charge in [0.1, 0.15) is 36.1 Å². The second-order valence-electron chi connectivity index (χ2n) is 23.6. The average molecular weight is 1110 g/mol. The monoisotopic (exact) mass is 1110 g/mol. The Morgan fingerprint density at radius 2 is 1.55 bits per heavy atom. The van der Waals surface area contributed by atoms with Gasteiger partial charge in [0.25, 0.3) is 0 Å². The Labute approximate surface area is 456 Å². The molecule has 1 unspecified atom stereocenters. The molecule has 1 amide bonds. The Kier molecular flexibility index (Phi) is 20.7. The summed E-state index contributed by atoms with van der Waals surface area (Å²) in [6.07, 6.45) is -9.89. The zero-order chi connectivity index (χ0) is 57.3. The van der Waals surface area contributed by atoms with Crippen LogP contribution in [0, 0.1) is 17.8 Å². The van der Waals surface area contributed by atoms with Crippen LogP contribution >= 0.6 is 0 Å². The van der Waals surface area contributed by atoms with E-state index in [4.69, 9.17) is 33.2 Å². The maximum Gasteiger partial charge on any atom is 0.414 e. The van der Waals surface area contributed by atoms with E-state index in [1.165, 1.54) is 45.2 Å². The van der Waals surface area contributed by atoms with Crippen LogP contribution < -0.4 is 4.90 Å². The maximum absolute atomic E-state index is 14.5. The number of aliphatic hydroxyl groups excluding tert-OH is 3. The van der Waals surface area contributed by atoms with Gasteiger partial charge >= 0.3 is 12.1 Å². The third-order valence-electron chi connectivity index (χ3n) is 16.9. The topological polar surface area (TPSA) is 275 Å². The highest BCUT2D eigenvalue weighted by atomic mass is 32.2. The number of carbonyl (C=O) groups excluding carboxylic acids is 2. The number of nitrogens with zero attached hydrogens (tertiary/aromatic N) is 7. The predicted octanol–water partition coefficient (Wildman–Crippen LogP) is 2.99. The summed E-state index contributed by atoms with van der Waals surface area (Å²) in [7, 11) is 4.50. The SMILES string of the molecule is CC[C@H]1OC(=O)[C@H](C)[C@@H](O[C@H]2C[C@@](C)(OC)[C@@H](O)[C@H](C)O2)[C@H](C)[C@@H](O[C@@H]2O[C@H](C)C[C@H](N(C)CCC3CN(C[C@H]4CN(c5ccc(S(=O)(=O)N(C)C)cc5)C(=O)O4)N=N3)[C@H]2O)[C@](C)(O)C[C@@H](C)CN(C)[C@H](C)[C@@H](O)[C@]1(C)O. The van der Waals surface area contributed by atoms with Crippen LogP contribution in [0.15, 0.2) is 39.5 Å². The highest BCUT2D eigenvalue weighted by Gasteiger charge is 2.53. The molecule has 5 aliphatic rings. The lowest BCUT2D eigenvalue weighted by Gasteiger charge is -2.49. The number of esters is 1. The van der Waals surface area contributed by atoms with Crippen molar-refractivity contribution in [3.05, 3.63) is 24.3 Å². The molecular weight excluding hydrogens is 1020 g/mol. The van der Waals surface area contributed by atoms with Gasteiger partial charge in [0, 0.05) is 64.4 Å². The highest BCUT2D eigenvalue weighted by Crippen LogP contribution is 2.41. The largest absolute Gasteiger partial charge is 0.459 e. The Morgan fingerprint density at radius 1 is 0.883 bits per heavy atom. The fraction of sp³-hybridized carbons (Fsp3) is 0.849.